The third-order valence-electron chi connectivity index (χ3n) is 3.33. The van der Waals surface area contributed by atoms with Crippen molar-refractivity contribution in [2.24, 2.45) is 0 Å². The van der Waals surface area contributed by atoms with Gasteiger partial charge in [-0.2, -0.15) is 0 Å². The molecule has 0 amide bonds. The van der Waals surface area contributed by atoms with Crippen molar-refractivity contribution >= 4 is 0 Å². The molecule has 0 aliphatic carbocycles. The van der Waals surface area contributed by atoms with Gasteiger partial charge in [0, 0.05) is 0 Å². The third-order valence-corrected chi connectivity index (χ3v) is 3.33. The Morgan fingerprint density at radius 3 is 2.60 bits per heavy atom. The Labute approximate surface area is 115 Å². The van der Waals surface area contributed by atoms with E-state index in [4.69, 9.17) is 9.47 Å². The zero-order chi connectivity index (χ0) is 14.2. The van der Waals surface area contributed by atoms with Crippen molar-refractivity contribution < 1.29 is 19.0 Å². The third kappa shape index (κ3) is 2.20. The molecule has 1 aliphatic heterocycles. The molecule has 20 heavy (non-hydrogen) atoms. The molecule has 0 saturated carbocycles. The fraction of sp³-hybridized carbons (Fsp3) is 0.267. The smallest absolute Gasteiger partial charge is 0.161 e. The Bertz CT molecular complexity index is 626. The number of aromatic nitrogens is 1. The van der Waals surface area contributed by atoms with Crippen LogP contribution >= 0.6 is 0 Å². The molecular weight excluding hydrogens is 261 g/mol. The summed E-state index contributed by atoms with van der Waals surface area (Å²) in [6.45, 7) is 2.61. The maximum Gasteiger partial charge on any atom is 0.161 e. The number of rotatable bonds is 2. The van der Waals surface area contributed by atoms with E-state index in [-0.39, 0.29) is 0 Å². The molecule has 2 heterocycles. The molecule has 1 aromatic heterocycles. The Hall–Kier alpha value is -2.14. The van der Waals surface area contributed by atoms with Crippen LogP contribution < -0.4 is 9.47 Å². The number of hydrogen-bond acceptors (Lipinski definition) is 4. The fourth-order valence-electron chi connectivity index (χ4n) is 2.16. The molecule has 1 N–H and O–H groups in total. The summed E-state index contributed by atoms with van der Waals surface area (Å²) in [6.07, 6.45) is 1.09. The Morgan fingerprint density at radius 2 is 1.90 bits per heavy atom. The number of halogens is 1. The Morgan fingerprint density at radius 1 is 1.15 bits per heavy atom. The molecule has 1 aromatic carbocycles. The molecule has 0 spiro atoms. The van der Waals surface area contributed by atoms with Crippen molar-refractivity contribution in [2.75, 3.05) is 13.2 Å². The largest absolute Gasteiger partial charge is 0.486 e. The van der Waals surface area contributed by atoms with Crippen molar-refractivity contribution in [2.45, 2.75) is 12.5 Å². The Kier molecular flexibility index (Phi) is 3.06. The van der Waals surface area contributed by atoms with Crippen LogP contribution in [0.3, 0.4) is 0 Å². The van der Waals surface area contributed by atoms with Crippen molar-refractivity contribution in [1.29, 1.82) is 0 Å². The molecule has 5 heteroatoms. The quantitative estimate of drug-likeness (QED) is 0.913. The van der Waals surface area contributed by atoms with Gasteiger partial charge in [-0.25, -0.2) is 4.39 Å². The molecule has 0 radical (unpaired) electrons. The maximum absolute atomic E-state index is 12.9. The number of benzene rings is 1. The van der Waals surface area contributed by atoms with Crippen molar-refractivity contribution in [1.82, 2.24) is 4.98 Å². The van der Waals surface area contributed by atoms with E-state index >= 15 is 0 Å². The summed E-state index contributed by atoms with van der Waals surface area (Å²) in [7, 11) is 0. The first-order valence-corrected chi connectivity index (χ1v) is 6.32. The van der Waals surface area contributed by atoms with Crippen molar-refractivity contribution in [3.63, 3.8) is 0 Å². The lowest BCUT2D eigenvalue weighted by Gasteiger charge is -2.26. The first kappa shape index (κ1) is 12.9. The van der Waals surface area contributed by atoms with Crippen LogP contribution in [0.2, 0.25) is 0 Å². The van der Waals surface area contributed by atoms with Crippen LogP contribution in [0.25, 0.3) is 0 Å². The highest BCUT2D eigenvalue weighted by Gasteiger charge is 2.29. The summed E-state index contributed by atoms with van der Waals surface area (Å²) in [5, 5.41) is 10.7. The van der Waals surface area contributed by atoms with E-state index in [9.17, 15) is 9.50 Å². The summed E-state index contributed by atoms with van der Waals surface area (Å²) in [4.78, 5) is 3.94. The van der Waals surface area contributed by atoms with E-state index in [1.54, 1.807) is 25.1 Å². The van der Waals surface area contributed by atoms with Crippen LogP contribution in [-0.2, 0) is 5.60 Å². The SMILES string of the molecule is CC(O)(c1ccc2c(c1)OCCO2)c1ccc(F)cn1. The average Bonchev–Trinajstić information content (AvgIpc) is 2.47. The van der Waals surface area contributed by atoms with Gasteiger partial charge in [0.05, 0.1) is 11.9 Å². The lowest BCUT2D eigenvalue weighted by molar-refractivity contribution is 0.0960. The van der Waals surface area contributed by atoms with E-state index in [0.717, 1.165) is 6.20 Å². The number of ether oxygens (including phenoxy) is 2. The van der Waals surface area contributed by atoms with Crippen molar-refractivity contribution in [3.8, 4) is 11.5 Å². The lowest BCUT2D eigenvalue weighted by atomic mass is 9.91. The van der Waals surface area contributed by atoms with Crippen LogP contribution in [0.5, 0.6) is 11.5 Å². The van der Waals surface area contributed by atoms with E-state index in [1.807, 2.05) is 0 Å². The van der Waals surface area contributed by atoms with Gasteiger partial charge in [-0.15, -0.1) is 0 Å². The molecule has 3 rings (SSSR count). The molecular formula is C15H14FNO3. The summed E-state index contributed by atoms with van der Waals surface area (Å²) in [6, 6.07) is 7.96. The molecule has 1 atom stereocenters. The van der Waals surface area contributed by atoms with Crippen LogP contribution in [0.4, 0.5) is 4.39 Å². The highest BCUT2D eigenvalue weighted by Crippen LogP contribution is 2.36. The van der Waals surface area contributed by atoms with E-state index < -0.39 is 11.4 Å². The van der Waals surface area contributed by atoms with Gasteiger partial charge in [-0.3, -0.25) is 4.98 Å². The minimum absolute atomic E-state index is 0.371. The van der Waals surface area contributed by atoms with Gasteiger partial charge in [0.15, 0.2) is 11.5 Å². The van der Waals surface area contributed by atoms with Crippen LogP contribution in [0.15, 0.2) is 36.5 Å². The van der Waals surface area contributed by atoms with Gasteiger partial charge < -0.3 is 14.6 Å². The lowest BCUT2D eigenvalue weighted by Crippen LogP contribution is -2.25. The molecule has 0 fully saturated rings. The van der Waals surface area contributed by atoms with E-state index in [0.29, 0.717) is 36.0 Å². The second-order valence-electron chi connectivity index (χ2n) is 4.79. The molecule has 4 nitrogen and oxygen atoms in total. The number of nitrogens with zero attached hydrogens (tertiary/aromatic N) is 1. The molecule has 0 bridgehead atoms. The fourth-order valence-corrected chi connectivity index (χ4v) is 2.16. The minimum Gasteiger partial charge on any atom is -0.486 e. The molecule has 104 valence electrons. The van der Waals surface area contributed by atoms with Gasteiger partial charge >= 0.3 is 0 Å². The Balaban J connectivity index is 2.00. The summed E-state index contributed by atoms with van der Waals surface area (Å²) in [5.74, 6) is 0.811. The summed E-state index contributed by atoms with van der Waals surface area (Å²) in [5.41, 5.74) is -0.347. The minimum atomic E-state index is -1.33. The van der Waals surface area contributed by atoms with Gasteiger partial charge in [-0.05, 0) is 36.8 Å². The second kappa shape index (κ2) is 4.76. The first-order chi connectivity index (χ1) is 9.57. The van der Waals surface area contributed by atoms with E-state index in [1.165, 1.54) is 12.1 Å². The number of fused-ring (bicyclic) bond motifs is 1. The van der Waals surface area contributed by atoms with Gasteiger partial charge in [0.1, 0.15) is 24.6 Å². The van der Waals surface area contributed by atoms with Gasteiger partial charge in [-0.1, -0.05) is 6.07 Å². The second-order valence-corrected chi connectivity index (χ2v) is 4.79. The van der Waals surface area contributed by atoms with Crippen molar-refractivity contribution in [3.05, 3.63) is 53.6 Å². The zero-order valence-corrected chi connectivity index (χ0v) is 11.0. The number of hydrogen-bond donors (Lipinski definition) is 1. The standard InChI is InChI=1S/C15H14FNO3/c1-15(18,14-5-3-11(16)9-17-14)10-2-4-12-13(8-10)20-7-6-19-12/h2-5,8-9,18H,6-7H2,1H3. The van der Waals surface area contributed by atoms with Gasteiger partial charge in [0.25, 0.3) is 0 Å². The highest BCUT2D eigenvalue weighted by atomic mass is 19.1. The topological polar surface area (TPSA) is 51.6 Å². The normalized spacial score (nSPS) is 16.6. The van der Waals surface area contributed by atoms with Crippen LogP contribution in [-0.4, -0.2) is 23.3 Å². The zero-order valence-electron chi connectivity index (χ0n) is 11.0. The maximum atomic E-state index is 12.9. The van der Waals surface area contributed by atoms with E-state index in [2.05, 4.69) is 4.98 Å². The number of pyridine rings is 1. The summed E-state index contributed by atoms with van der Waals surface area (Å²) < 4.78 is 23.9. The molecule has 1 unspecified atom stereocenters. The predicted molar refractivity (Wildman–Crippen MR) is 70.3 cm³/mol. The highest BCUT2D eigenvalue weighted by molar-refractivity contribution is 5.47. The average molecular weight is 275 g/mol. The molecule has 0 saturated heterocycles. The predicted octanol–water partition coefficient (Wildman–Crippen LogP) is 2.25. The summed E-state index contributed by atoms with van der Waals surface area (Å²) >= 11 is 0. The monoisotopic (exact) mass is 275 g/mol. The first-order valence-electron chi connectivity index (χ1n) is 6.32. The molecule has 1 aliphatic rings. The van der Waals surface area contributed by atoms with Crippen LogP contribution in [0.1, 0.15) is 18.2 Å². The molecule has 2 aromatic rings. The van der Waals surface area contributed by atoms with Crippen LogP contribution in [0, 0.1) is 5.82 Å². The van der Waals surface area contributed by atoms with Gasteiger partial charge in [0.2, 0.25) is 0 Å². The number of aliphatic hydroxyl groups is 1.